The van der Waals surface area contributed by atoms with Gasteiger partial charge in [-0.05, 0) is 41.5 Å². The number of rotatable bonds is 3. The smallest absolute Gasteiger partial charge is 0.142 e. The summed E-state index contributed by atoms with van der Waals surface area (Å²) in [4.78, 5) is 6.91. The van der Waals surface area contributed by atoms with Gasteiger partial charge in [0.2, 0.25) is 0 Å². The second kappa shape index (κ2) is 8.27. The summed E-state index contributed by atoms with van der Waals surface area (Å²) in [5.41, 5.74) is 5.40. The third-order valence-corrected chi connectivity index (χ3v) is 6.33. The molecule has 0 bridgehead atoms. The molecule has 1 N–H and O–H groups in total. The molecule has 3 heterocycles. The lowest BCUT2D eigenvalue weighted by Crippen LogP contribution is -2.43. The zero-order chi connectivity index (χ0) is 22.2. The molecule has 0 atom stereocenters. The van der Waals surface area contributed by atoms with Crippen molar-refractivity contribution in [1.29, 1.82) is 5.26 Å². The maximum atomic E-state index is 14.1. The highest BCUT2D eigenvalue weighted by molar-refractivity contribution is 6.37. The molecule has 0 spiro atoms. The first-order valence-corrected chi connectivity index (χ1v) is 10.9. The van der Waals surface area contributed by atoms with Crippen molar-refractivity contribution in [2.45, 2.75) is 0 Å². The van der Waals surface area contributed by atoms with E-state index >= 15 is 0 Å². The summed E-state index contributed by atoms with van der Waals surface area (Å²) in [5.74, 6) is -0.539. The van der Waals surface area contributed by atoms with Crippen LogP contribution in [0.15, 0.2) is 54.7 Å². The van der Waals surface area contributed by atoms with Crippen LogP contribution in [0.5, 0.6) is 0 Å². The van der Waals surface area contributed by atoms with E-state index in [4.69, 9.17) is 11.6 Å². The van der Waals surface area contributed by atoms with E-state index in [1.54, 1.807) is 24.4 Å². The average molecular weight is 446 g/mol. The van der Waals surface area contributed by atoms with Crippen molar-refractivity contribution in [2.75, 3.05) is 31.1 Å². The van der Waals surface area contributed by atoms with Crippen molar-refractivity contribution in [3.05, 3.63) is 71.1 Å². The first-order valence-electron chi connectivity index (χ1n) is 10.5. The Balaban J connectivity index is 1.71. The molecule has 0 radical (unpaired) electrons. The van der Waals surface area contributed by atoms with Gasteiger partial charge in [-0.25, -0.2) is 9.37 Å². The molecule has 0 amide bonds. The van der Waals surface area contributed by atoms with Gasteiger partial charge in [-0.1, -0.05) is 29.8 Å². The molecule has 160 valence electrons. The molecule has 5 rings (SSSR count). The SMILES string of the molecule is Cn1c(-c2ccc(N3CCNCC3)cc2)c(-c2ccc(F)c(C#N)c2)c2c(Cl)ccnc21. The lowest BCUT2D eigenvalue weighted by molar-refractivity contribution is 0.589. The second-order valence-corrected chi connectivity index (χ2v) is 8.27. The summed E-state index contributed by atoms with van der Waals surface area (Å²) in [7, 11) is 1.95. The van der Waals surface area contributed by atoms with Crippen molar-refractivity contribution in [3.63, 3.8) is 0 Å². The number of pyridine rings is 1. The quantitative estimate of drug-likeness (QED) is 0.483. The normalized spacial score (nSPS) is 14.0. The Morgan fingerprint density at radius 1 is 1.06 bits per heavy atom. The van der Waals surface area contributed by atoms with Crippen molar-refractivity contribution < 1.29 is 4.39 Å². The summed E-state index contributed by atoms with van der Waals surface area (Å²) in [6.45, 7) is 3.91. The molecule has 1 aliphatic rings. The van der Waals surface area contributed by atoms with Gasteiger partial charge in [0, 0.05) is 56.1 Å². The van der Waals surface area contributed by atoms with Gasteiger partial charge < -0.3 is 14.8 Å². The first kappa shape index (κ1) is 20.5. The van der Waals surface area contributed by atoms with Crippen molar-refractivity contribution in [3.8, 4) is 28.5 Å². The van der Waals surface area contributed by atoms with Crippen LogP contribution in [0.25, 0.3) is 33.4 Å². The summed E-state index contributed by atoms with van der Waals surface area (Å²) in [5, 5.41) is 14.1. The third-order valence-electron chi connectivity index (χ3n) is 6.02. The summed E-state index contributed by atoms with van der Waals surface area (Å²) >= 11 is 6.61. The van der Waals surface area contributed by atoms with Gasteiger partial charge in [0.1, 0.15) is 17.5 Å². The van der Waals surface area contributed by atoms with E-state index in [1.165, 1.54) is 11.8 Å². The van der Waals surface area contributed by atoms with E-state index in [9.17, 15) is 9.65 Å². The number of benzene rings is 2. The Labute approximate surface area is 190 Å². The molecule has 0 aliphatic carbocycles. The van der Waals surface area contributed by atoms with Crippen molar-refractivity contribution >= 4 is 28.3 Å². The minimum atomic E-state index is -0.539. The molecule has 1 aliphatic heterocycles. The number of halogens is 2. The van der Waals surface area contributed by atoms with Crippen LogP contribution < -0.4 is 10.2 Å². The summed E-state index contributed by atoms with van der Waals surface area (Å²) in [6, 6.07) is 16.7. The summed E-state index contributed by atoms with van der Waals surface area (Å²) in [6.07, 6.45) is 1.68. The molecule has 7 heteroatoms. The van der Waals surface area contributed by atoms with E-state index < -0.39 is 5.82 Å². The molecule has 2 aromatic carbocycles. The number of hydrogen-bond donors (Lipinski definition) is 1. The molecular formula is C25H21ClFN5. The molecule has 32 heavy (non-hydrogen) atoms. The van der Waals surface area contributed by atoms with Crippen LogP contribution in [0.4, 0.5) is 10.1 Å². The Morgan fingerprint density at radius 3 is 2.50 bits per heavy atom. The van der Waals surface area contributed by atoms with Gasteiger partial charge in [0.25, 0.3) is 0 Å². The molecule has 0 unspecified atom stereocenters. The Bertz CT molecular complexity index is 1350. The maximum absolute atomic E-state index is 14.1. The van der Waals surface area contributed by atoms with E-state index in [-0.39, 0.29) is 5.56 Å². The van der Waals surface area contributed by atoms with Crippen LogP contribution in [0.2, 0.25) is 5.02 Å². The molecule has 0 saturated carbocycles. The van der Waals surface area contributed by atoms with E-state index in [0.29, 0.717) is 5.02 Å². The van der Waals surface area contributed by atoms with Gasteiger partial charge in [-0.15, -0.1) is 0 Å². The standard InChI is InChI=1S/C25H21ClFN5/c1-31-24(16-2-5-19(6-3-16)32-12-10-29-11-13-32)22(23-20(26)8-9-30-25(23)31)17-4-7-21(27)18(14-17)15-28/h2-9,14,29H,10-13H2,1H3. The zero-order valence-corrected chi connectivity index (χ0v) is 18.3. The minimum Gasteiger partial charge on any atom is -0.369 e. The lowest BCUT2D eigenvalue weighted by atomic mass is 9.97. The predicted octanol–water partition coefficient (Wildman–Crippen LogP) is 4.98. The highest BCUT2D eigenvalue weighted by Gasteiger charge is 2.22. The van der Waals surface area contributed by atoms with E-state index in [2.05, 4.69) is 39.5 Å². The van der Waals surface area contributed by atoms with Crippen LogP contribution in [0.1, 0.15) is 5.56 Å². The number of anilines is 1. The molecule has 4 aromatic rings. The van der Waals surface area contributed by atoms with Gasteiger partial charge in [-0.3, -0.25) is 0 Å². The number of piperazine rings is 1. The van der Waals surface area contributed by atoms with E-state index in [0.717, 1.165) is 59.6 Å². The number of hydrogen-bond acceptors (Lipinski definition) is 4. The fraction of sp³-hybridized carbons (Fsp3) is 0.200. The fourth-order valence-corrected chi connectivity index (χ4v) is 4.68. The highest BCUT2D eigenvalue weighted by Crippen LogP contribution is 2.43. The average Bonchev–Trinajstić information content (AvgIpc) is 3.14. The summed E-state index contributed by atoms with van der Waals surface area (Å²) < 4.78 is 16.1. The Morgan fingerprint density at radius 2 is 1.78 bits per heavy atom. The highest BCUT2D eigenvalue weighted by atomic mass is 35.5. The largest absolute Gasteiger partial charge is 0.369 e. The van der Waals surface area contributed by atoms with Gasteiger partial charge in [0.15, 0.2) is 0 Å². The number of aromatic nitrogens is 2. The van der Waals surface area contributed by atoms with Crippen LogP contribution in [0, 0.1) is 17.1 Å². The first-order chi connectivity index (χ1) is 15.6. The van der Waals surface area contributed by atoms with Crippen molar-refractivity contribution in [2.24, 2.45) is 7.05 Å². The van der Waals surface area contributed by atoms with Crippen LogP contribution >= 0.6 is 11.6 Å². The number of aryl methyl sites for hydroxylation is 1. The minimum absolute atomic E-state index is 0.000443. The van der Waals surface area contributed by atoms with Crippen LogP contribution in [0.3, 0.4) is 0 Å². The van der Waals surface area contributed by atoms with E-state index in [1.807, 2.05) is 17.7 Å². The maximum Gasteiger partial charge on any atom is 0.142 e. The van der Waals surface area contributed by atoms with Crippen molar-refractivity contribution in [1.82, 2.24) is 14.9 Å². The molecule has 5 nitrogen and oxygen atoms in total. The Kier molecular flexibility index (Phi) is 5.30. The molecule has 2 aromatic heterocycles. The topological polar surface area (TPSA) is 56.9 Å². The second-order valence-electron chi connectivity index (χ2n) is 7.86. The zero-order valence-electron chi connectivity index (χ0n) is 17.6. The van der Waals surface area contributed by atoms with Gasteiger partial charge in [-0.2, -0.15) is 5.26 Å². The monoisotopic (exact) mass is 445 g/mol. The molecule has 1 fully saturated rings. The number of nitrogens with zero attached hydrogens (tertiary/aromatic N) is 4. The number of nitriles is 1. The van der Waals surface area contributed by atoms with Gasteiger partial charge in [0.05, 0.1) is 16.3 Å². The van der Waals surface area contributed by atoms with Crippen LogP contribution in [-0.4, -0.2) is 35.7 Å². The third kappa shape index (κ3) is 3.40. The fourth-order valence-electron chi connectivity index (χ4n) is 4.44. The molecular weight excluding hydrogens is 425 g/mol. The Hall–Kier alpha value is -3.40. The van der Waals surface area contributed by atoms with Gasteiger partial charge >= 0.3 is 0 Å². The molecule has 1 saturated heterocycles. The predicted molar refractivity (Wildman–Crippen MR) is 126 cm³/mol. The number of fused-ring (bicyclic) bond motifs is 1. The number of nitrogens with one attached hydrogen (secondary N) is 1. The van der Waals surface area contributed by atoms with Crippen LogP contribution in [-0.2, 0) is 7.05 Å². The lowest BCUT2D eigenvalue weighted by Gasteiger charge is -2.29.